The van der Waals surface area contributed by atoms with Gasteiger partial charge in [-0.05, 0) is 43.7 Å². The van der Waals surface area contributed by atoms with Gasteiger partial charge in [-0.25, -0.2) is 9.97 Å². The molecule has 0 aliphatic carbocycles. The summed E-state index contributed by atoms with van der Waals surface area (Å²) in [6, 6.07) is 2.89. The van der Waals surface area contributed by atoms with Crippen molar-refractivity contribution in [2.45, 2.75) is 38.9 Å². The summed E-state index contributed by atoms with van der Waals surface area (Å²) in [6.07, 6.45) is -3.19. The molecule has 2 aromatic rings. The Morgan fingerprint density at radius 2 is 1.96 bits per heavy atom. The number of nitrogens with zero attached hydrogens (tertiary/aromatic N) is 3. The second-order valence-electron chi connectivity index (χ2n) is 6.32. The van der Waals surface area contributed by atoms with E-state index in [1.165, 1.54) is 18.3 Å². The van der Waals surface area contributed by atoms with Gasteiger partial charge in [-0.2, -0.15) is 13.2 Å². The van der Waals surface area contributed by atoms with Crippen LogP contribution in [0.2, 0.25) is 0 Å². The van der Waals surface area contributed by atoms with Gasteiger partial charge in [0, 0.05) is 25.2 Å². The molecule has 0 radical (unpaired) electrons. The summed E-state index contributed by atoms with van der Waals surface area (Å²) >= 11 is 1.40. The molecular formula is C17H19F3N4OS. The van der Waals surface area contributed by atoms with Crippen molar-refractivity contribution in [1.29, 1.82) is 0 Å². The van der Waals surface area contributed by atoms with Gasteiger partial charge in [0.2, 0.25) is 0 Å². The van der Waals surface area contributed by atoms with Crippen molar-refractivity contribution >= 4 is 23.1 Å². The van der Waals surface area contributed by atoms with Gasteiger partial charge in [-0.3, -0.25) is 4.79 Å². The van der Waals surface area contributed by atoms with Crippen molar-refractivity contribution in [2.24, 2.45) is 0 Å². The third-order valence-electron chi connectivity index (χ3n) is 4.34. The lowest BCUT2D eigenvalue weighted by molar-refractivity contribution is -0.141. The average molecular weight is 384 g/mol. The topological polar surface area (TPSA) is 58.1 Å². The molecule has 3 heterocycles. The highest BCUT2D eigenvalue weighted by Crippen LogP contribution is 2.30. The number of amides is 1. The molecule has 0 spiro atoms. The number of carbonyl (C=O) groups is 1. The molecule has 0 bridgehead atoms. The fourth-order valence-electron chi connectivity index (χ4n) is 2.97. The van der Waals surface area contributed by atoms with Crippen LogP contribution in [0.1, 0.15) is 39.6 Å². The van der Waals surface area contributed by atoms with E-state index in [1.54, 1.807) is 0 Å². The molecule has 1 N–H and O–H groups in total. The van der Waals surface area contributed by atoms with Crippen LogP contribution in [0.15, 0.2) is 17.5 Å². The molecule has 1 amide bonds. The SMILES string of the molecule is Cc1nc(N2CCC(NC(=O)c3sccc3C)CC2)cc(C(F)(F)F)n1. The normalized spacial score (nSPS) is 16.0. The Balaban J connectivity index is 1.63. The largest absolute Gasteiger partial charge is 0.433 e. The molecule has 0 unspecified atom stereocenters. The maximum atomic E-state index is 12.9. The second-order valence-corrected chi connectivity index (χ2v) is 7.24. The van der Waals surface area contributed by atoms with Crippen molar-refractivity contribution in [1.82, 2.24) is 15.3 Å². The van der Waals surface area contributed by atoms with Crippen LogP contribution in [0.3, 0.4) is 0 Å². The van der Waals surface area contributed by atoms with Crippen molar-refractivity contribution < 1.29 is 18.0 Å². The summed E-state index contributed by atoms with van der Waals surface area (Å²) < 4.78 is 38.8. The second kappa shape index (κ2) is 7.22. The Hall–Kier alpha value is -2.16. The number of carbonyl (C=O) groups excluding carboxylic acids is 1. The van der Waals surface area contributed by atoms with Crippen molar-refractivity contribution in [3.05, 3.63) is 39.5 Å². The number of piperidine rings is 1. The van der Waals surface area contributed by atoms with Crippen LogP contribution in [0.25, 0.3) is 0 Å². The zero-order valence-electron chi connectivity index (χ0n) is 14.4. The van der Waals surface area contributed by atoms with E-state index < -0.39 is 11.9 Å². The molecular weight excluding hydrogens is 365 g/mol. The highest BCUT2D eigenvalue weighted by Gasteiger charge is 2.34. The monoisotopic (exact) mass is 384 g/mol. The number of hydrogen-bond donors (Lipinski definition) is 1. The third-order valence-corrected chi connectivity index (χ3v) is 5.35. The highest BCUT2D eigenvalue weighted by molar-refractivity contribution is 7.12. The van der Waals surface area contributed by atoms with Crippen LogP contribution in [-0.2, 0) is 6.18 Å². The quantitative estimate of drug-likeness (QED) is 0.879. The minimum atomic E-state index is -4.49. The molecule has 26 heavy (non-hydrogen) atoms. The summed E-state index contributed by atoms with van der Waals surface area (Å²) in [5.74, 6) is 0.287. The maximum absolute atomic E-state index is 12.9. The highest BCUT2D eigenvalue weighted by atomic mass is 32.1. The molecule has 0 atom stereocenters. The summed E-state index contributed by atoms with van der Waals surface area (Å²) in [5.41, 5.74) is 0.0182. The standard InChI is InChI=1S/C17H19F3N4OS/c1-10-5-8-26-15(10)16(25)23-12-3-6-24(7-4-12)14-9-13(17(18,19)20)21-11(2)22-14/h5,8-9,12H,3-4,6-7H2,1-2H3,(H,23,25). The molecule has 0 aromatic carbocycles. The van der Waals surface area contributed by atoms with E-state index in [0.717, 1.165) is 11.6 Å². The van der Waals surface area contributed by atoms with E-state index in [9.17, 15) is 18.0 Å². The molecule has 1 saturated heterocycles. The van der Waals surface area contributed by atoms with Crippen molar-refractivity contribution in [3.63, 3.8) is 0 Å². The fourth-order valence-corrected chi connectivity index (χ4v) is 3.80. The van der Waals surface area contributed by atoms with Gasteiger partial charge in [0.1, 0.15) is 17.3 Å². The number of hydrogen-bond acceptors (Lipinski definition) is 5. The fraction of sp³-hybridized carbons (Fsp3) is 0.471. The lowest BCUT2D eigenvalue weighted by Gasteiger charge is -2.33. The smallest absolute Gasteiger partial charge is 0.356 e. The van der Waals surface area contributed by atoms with Crippen LogP contribution in [-0.4, -0.2) is 35.0 Å². The van der Waals surface area contributed by atoms with E-state index in [4.69, 9.17) is 0 Å². The lowest BCUT2D eigenvalue weighted by atomic mass is 10.0. The van der Waals surface area contributed by atoms with Gasteiger partial charge in [0.25, 0.3) is 5.91 Å². The first-order valence-corrected chi connectivity index (χ1v) is 9.15. The molecule has 1 aliphatic heterocycles. The minimum absolute atomic E-state index is 0.00488. The molecule has 5 nitrogen and oxygen atoms in total. The third kappa shape index (κ3) is 4.14. The first-order chi connectivity index (χ1) is 12.2. The van der Waals surface area contributed by atoms with E-state index >= 15 is 0 Å². The predicted molar refractivity (Wildman–Crippen MR) is 93.5 cm³/mol. The molecule has 1 fully saturated rings. The number of aromatic nitrogens is 2. The Morgan fingerprint density at radius 1 is 1.27 bits per heavy atom. The van der Waals surface area contributed by atoms with E-state index in [1.807, 2.05) is 23.3 Å². The molecule has 9 heteroatoms. The number of halogens is 3. The van der Waals surface area contributed by atoms with Gasteiger partial charge >= 0.3 is 6.18 Å². The Morgan fingerprint density at radius 3 is 2.54 bits per heavy atom. The summed E-state index contributed by atoms with van der Waals surface area (Å²) in [5, 5.41) is 4.89. The first-order valence-electron chi connectivity index (χ1n) is 8.27. The van der Waals surface area contributed by atoms with Crippen LogP contribution >= 0.6 is 11.3 Å². The molecule has 2 aromatic heterocycles. The van der Waals surface area contributed by atoms with Crippen LogP contribution in [0.4, 0.5) is 19.0 Å². The predicted octanol–water partition coefficient (Wildman–Crippen LogP) is 3.57. The molecule has 140 valence electrons. The zero-order valence-corrected chi connectivity index (χ0v) is 15.2. The first kappa shape index (κ1) is 18.6. The lowest BCUT2D eigenvalue weighted by Crippen LogP contribution is -2.45. The van der Waals surface area contributed by atoms with E-state index in [2.05, 4.69) is 15.3 Å². The van der Waals surface area contributed by atoms with E-state index in [0.29, 0.717) is 30.8 Å². The van der Waals surface area contributed by atoms with Crippen LogP contribution < -0.4 is 10.2 Å². The number of anilines is 1. The summed E-state index contributed by atoms with van der Waals surface area (Å²) in [6.45, 7) is 4.41. The Labute approximate surface area is 153 Å². The van der Waals surface area contributed by atoms with Crippen molar-refractivity contribution in [2.75, 3.05) is 18.0 Å². The summed E-state index contributed by atoms with van der Waals surface area (Å²) in [4.78, 5) is 22.4. The van der Waals surface area contributed by atoms with Gasteiger partial charge < -0.3 is 10.2 Å². The van der Waals surface area contributed by atoms with Crippen LogP contribution in [0, 0.1) is 13.8 Å². The maximum Gasteiger partial charge on any atom is 0.433 e. The van der Waals surface area contributed by atoms with Gasteiger partial charge in [0.15, 0.2) is 0 Å². The minimum Gasteiger partial charge on any atom is -0.356 e. The molecule has 3 rings (SSSR count). The van der Waals surface area contributed by atoms with E-state index in [-0.39, 0.29) is 23.6 Å². The number of nitrogens with one attached hydrogen (secondary N) is 1. The Kier molecular flexibility index (Phi) is 5.17. The van der Waals surface area contributed by atoms with Crippen molar-refractivity contribution in [3.8, 4) is 0 Å². The average Bonchev–Trinajstić information content (AvgIpc) is 3.00. The van der Waals surface area contributed by atoms with Gasteiger partial charge in [0.05, 0.1) is 4.88 Å². The molecule has 0 saturated carbocycles. The van der Waals surface area contributed by atoms with Gasteiger partial charge in [-0.15, -0.1) is 11.3 Å². The number of rotatable bonds is 3. The zero-order chi connectivity index (χ0) is 18.9. The summed E-state index contributed by atoms with van der Waals surface area (Å²) in [7, 11) is 0. The van der Waals surface area contributed by atoms with Gasteiger partial charge in [-0.1, -0.05) is 0 Å². The number of alkyl halides is 3. The molecule has 1 aliphatic rings. The van der Waals surface area contributed by atoms with Crippen LogP contribution in [0.5, 0.6) is 0 Å². The Bertz CT molecular complexity index is 798. The number of thiophene rings is 1. The number of aryl methyl sites for hydroxylation is 2.